The van der Waals surface area contributed by atoms with Crippen LogP contribution in [0.4, 0.5) is 4.79 Å². The Hall–Kier alpha value is -2.05. The molecule has 0 aromatic rings. The molecule has 0 bridgehead atoms. The van der Waals surface area contributed by atoms with Crippen LogP contribution in [-0.4, -0.2) is 50.8 Å². The Labute approximate surface area is 135 Å². The molecule has 1 heterocycles. The number of aliphatic carboxylic acids is 2. The van der Waals surface area contributed by atoms with Crippen molar-refractivity contribution in [3.8, 4) is 0 Å². The van der Waals surface area contributed by atoms with Crippen molar-refractivity contribution in [1.29, 1.82) is 0 Å². The predicted molar refractivity (Wildman–Crippen MR) is 83.0 cm³/mol. The number of ether oxygens (including phenoxy) is 1. The quantitative estimate of drug-likeness (QED) is 0.768. The fraction of sp³-hybridized carbons (Fsp3) is 0.688. The molecule has 4 atom stereocenters. The summed E-state index contributed by atoms with van der Waals surface area (Å²) in [5, 5.41) is 18.7. The second-order valence-corrected chi connectivity index (χ2v) is 7.05. The molecule has 0 aromatic carbocycles. The second kappa shape index (κ2) is 6.60. The smallest absolute Gasteiger partial charge is 0.411 e. The van der Waals surface area contributed by atoms with Crippen molar-refractivity contribution in [2.75, 3.05) is 0 Å². The standard InChI is InChI=1S/C16H25NO6/c1-8(2)12-9(3)17(15(22)23-16(4,5)6)13(14(20)21)10(12)7-11(18)19/h9-10,12-13H,1,7H2,2-6H3,(H,18,19)(H,20,21)/t9-,10-,12-,13-/m0/s1. The zero-order valence-electron chi connectivity index (χ0n) is 14.2. The van der Waals surface area contributed by atoms with Crippen LogP contribution in [-0.2, 0) is 14.3 Å². The van der Waals surface area contributed by atoms with Gasteiger partial charge in [-0.25, -0.2) is 9.59 Å². The summed E-state index contributed by atoms with van der Waals surface area (Å²) in [6.07, 6.45) is -1.10. The van der Waals surface area contributed by atoms with E-state index in [1.807, 2.05) is 0 Å². The average molecular weight is 327 g/mol. The van der Waals surface area contributed by atoms with E-state index in [2.05, 4.69) is 6.58 Å². The van der Waals surface area contributed by atoms with Crippen molar-refractivity contribution >= 4 is 18.0 Å². The molecule has 0 radical (unpaired) electrons. The molecule has 0 unspecified atom stereocenters. The van der Waals surface area contributed by atoms with Gasteiger partial charge in [0, 0.05) is 17.9 Å². The van der Waals surface area contributed by atoms with Crippen LogP contribution in [0.5, 0.6) is 0 Å². The minimum atomic E-state index is -1.25. The lowest BCUT2D eigenvalue weighted by atomic mass is 9.81. The van der Waals surface area contributed by atoms with Gasteiger partial charge in [-0.1, -0.05) is 12.2 Å². The number of amides is 1. The highest BCUT2D eigenvalue weighted by Gasteiger charge is 2.54. The van der Waals surface area contributed by atoms with Gasteiger partial charge in [-0.3, -0.25) is 9.69 Å². The maximum absolute atomic E-state index is 12.4. The number of hydrogen-bond acceptors (Lipinski definition) is 4. The van der Waals surface area contributed by atoms with Gasteiger partial charge in [0.15, 0.2) is 0 Å². The zero-order valence-corrected chi connectivity index (χ0v) is 14.2. The highest BCUT2D eigenvalue weighted by atomic mass is 16.6. The number of carboxylic acids is 2. The van der Waals surface area contributed by atoms with Gasteiger partial charge in [0.25, 0.3) is 0 Å². The molecule has 7 heteroatoms. The molecule has 1 aliphatic heterocycles. The lowest BCUT2D eigenvalue weighted by Crippen LogP contribution is -2.48. The lowest BCUT2D eigenvalue weighted by Gasteiger charge is -2.30. The highest BCUT2D eigenvalue weighted by molar-refractivity contribution is 5.83. The van der Waals surface area contributed by atoms with Gasteiger partial charge >= 0.3 is 18.0 Å². The largest absolute Gasteiger partial charge is 0.481 e. The van der Waals surface area contributed by atoms with Crippen LogP contribution in [0, 0.1) is 11.8 Å². The van der Waals surface area contributed by atoms with Crippen molar-refractivity contribution in [3.05, 3.63) is 12.2 Å². The van der Waals surface area contributed by atoms with E-state index in [1.165, 1.54) is 0 Å². The van der Waals surface area contributed by atoms with E-state index in [4.69, 9.17) is 9.84 Å². The van der Waals surface area contributed by atoms with Gasteiger partial charge < -0.3 is 14.9 Å². The molecule has 130 valence electrons. The molecule has 0 saturated carbocycles. The number of rotatable bonds is 4. The van der Waals surface area contributed by atoms with Crippen LogP contribution >= 0.6 is 0 Å². The van der Waals surface area contributed by atoms with E-state index in [9.17, 15) is 19.5 Å². The van der Waals surface area contributed by atoms with Gasteiger partial charge in [0.05, 0.1) is 6.42 Å². The molecule has 1 fully saturated rings. The molecular formula is C16H25NO6. The van der Waals surface area contributed by atoms with Gasteiger partial charge in [-0.2, -0.15) is 0 Å². The SMILES string of the molecule is C=C(C)[C@@H]1[C@H](CC(=O)O)[C@@H](C(=O)O)N(C(=O)OC(C)(C)C)[C@H]1C. The van der Waals surface area contributed by atoms with E-state index in [0.29, 0.717) is 5.57 Å². The first kappa shape index (κ1) is 19.0. The summed E-state index contributed by atoms with van der Waals surface area (Å²) in [6.45, 7) is 12.3. The maximum Gasteiger partial charge on any atom is 0.411 e. The Morgan fingerprint density at radius 2 is 1.74 bits per heavy atom. The van der Waals surface area contributed by atoms with Crippen molar-refractivity contribution in [2.24, 2.45) is 11.8 Å². The second-order valence-electron chi connectivity index (χ2n) is 7.05. The summed E-state index contributed by atoms with van der Waals surface area (Å²) >= 11 is 0. The first-order valence-corrected chi connectivity index (χ1v) is 7.48. The van der Waals surface area contributed by atoms with Crippen LogP contribution in [0.3, 0.4) is 0 Å². The number of likely N-dealkylation sites (tertiary alicyclic amines) is 1. The maximum atomic E-state index is 12.4. The number of carbonyl (C=O) groups excluding carboxylic acids is 1. The molecule has 0 spiro atoms. The van der Waals surface area contributed by atoms with Crippen LogP contribution in [0.2, 0.25) is 0 Å². The minimum Gasteiger partial charge on any atom is -0.481 e. The van der Waals surface area contributed by atoms with E-state index in [-0.39, 0.29) is 6.42 Å². The molecule has 0 aromatic heterocycles. The van der Waals surface area contributed by atoms with Gasteiger partial charge in [0.2, 0.25) is 0 Å². The summed E-state index contributed by atoms with van der Waals surface area (Å²) < 4.78 is 5.30. The molecule has 2 N–H and O–H groups in total. The van der Waals surface area contributed by atoms with E-state index in [1.54, 1.807) is 34.6 Å². The number of hydrogen-bond donors (Lipinski definition) is 2. The monoisotopic (exact) mass is 327 g/mol. The molecular weight excluding hydrogens is 302 g/mol. The average Bonchev–Trinajstić information content (AvgIpc) is 2.58. The molecule has 1 amide bonds. The van der Waals surface area contributed by atoms with Crippen LogP contribution in [0.25, 0.3) is 0 Å². The fourth-order valence-corrected chi connectivity index (χ4v) is 3.30. The summed E-state index contributed by atoms with van der Waals surface area (Å²) in [5.74, 6) is -3.51. The van der Waals surface area contributed by atoms with E-state index >= 15 is 0 Å². The summed E-state index contributed by atoms with van der Waals surface area (Å²) in [5.41, 5.74) is -0.121. The van der Waals surface area contributed by atoms with Crippen molar-refractivity contribution in [2.45, 2.75) is 58.7 Å². The number of carbonyl (C=O) groups is 3. The topological polar surface area (TPSA) is 104 Å². The first-order chi connectivity index (χ1) is 10.4. The molecule has 1 aliphatic rings. The minimum absolute atomic E-state index is 0.349. The molecule has 23 heavy (non-hydrogen) atoms. The van der Waals surface area contributed by atoms with E-state index in [0.717, 1.165) is 4.90 Å². The Morgan fingerprint density at radius 1 is 1.22 bits per heavy atom. The summed E-state index contributed by atoms with van der Waals surface area (Å²) in [6, 6.07) is -1.76. The number of carboxylic acid groups (broad SMARTS) is 2. The third-order valence-electron chi connectivity index (χ3n) is 3.96. The summed E-state index contributed by atoms with van der Waals surface area (Å²) in [4.78, 5) is 36.5. The van der Waals surface area contributed by atoms with Crippen LogP contribution in [0.1, 0.15) is 41.0 Å². The third kappa shape index (κ3) is 4.24. The van der Waals surface area contributed by atoms with Crippen molar-refractivity contribution in [3.63, 3.8) is 0 Å². The lowest BCUT2D eigenvalue weighted by molar-refractivity contribution is -0.145. The molecule has 1 saturated heterocycles. The highest BCUT2D eigenvalue weighted by Crippen LogP contribution is 2.42. The summed E-state index contributed by atoms with van der Waals surface area (Å²) in [7, 11) is 0. The zero-order chi connectivity index (χ0) is 18.1. The number of nitrogens with zero attached hydrogens (tertiary/aromatic N) is 1. The predicted octanol–water partition coefficient (Wildman–Crippen LogP) is 2.36. The first-order valence-electron chi connectivity index (χ1n) is 7.48. The van der Waals surface area contributed by atoms with Crippen molar-refractivity contribution in [1.82, 2.24) is 4.90 Å². The Balaban J connectivity index is 3.27. The molecule has 7 nitrogen and oxygen atoms in total. The van der Waals surface area contributed by atoms with Crippen LogP contribution < -0.4 is 0 Å². The van der Waals surface area contributed by atoms with Gasteiger partial charge in [-0.15, -0.1) is 0 Å². The Kier molecular flexibility index (Phi) is 5.45. The fourth-order valence-electron chi connectivity index (χ4n) is 3.30. The Bertz CT molecular complexity index is 521. The van der Waals surface area contributed by atoms with Gasteiger partial charge in [0.1, 0.15) is 11.6 Å². The third-order valence-corrected chi connectivity index (χ3v) is 3.96. The Morgan fingerprint density at radius 3 is 2.09 bits per heavy atom. The van der Waals surface area contributed by atoms with E-state index < -0.39 is 47.6 Å². The van der Waals surface area contributed by atoms with Crippen LogP contribution in [0.15, 0.2) is 12.2 Å². The van der Waals surface area contributed by atoms with Gasteiger partial charge in [-0.05, 0) is 34.6 Å². The van der Waals surface area contributed by atoms with Crippen molar-refractivity contribution < 1.29 is 29.3 Å². The molecule has 0 aliphatic carbocycles. The normalized spacial score (nSPS) is 27.6. The molecule has 1 rings (SSSR count).